The summed E-state index contributed by atoms with van der Waals surface area (Å²) in [5.41, 5.74) is 2.92. The Kier molecular flexibility index (Phi) is 4.33. The Bertz CT molecular complexity index is 1060. The molecular weight excluding hydrogens is 352 g/mol. The molecule has 140 valence electrons. The van der Waals surface area contributed by atoms with Gasteiger partial charge in [-0.2, -0.15) is 9.61 Å². The highest BCUT2D eigenvalue weighted by molar-refractivity contribution is 5.66. The first-order chi connectivity index (χ1) is 13.9. The molecule has 0 unspecified atom stereocenters. The SMILES string of the molecule is c1ccc(-c2cc(N3CCC(Oc4ncccn4)CC3)n3nccc3n2)cc1. The zero-order valence-electron chi connectivity index (χ0n) is 15.3. The Hall–Kier alpha value is -3.48. The van der Waals surface area contributed by atoms with Crippen LogP contribution in [0.2, 0.25) is 0 Å². The van der Waals surface area contributed by atoms with E-state index in [9.17, 15) is 0 Å². The fraction of sp³-hybridized carbons (Fsp3) is 0.238. The van der Waals surface area contributed by atoms with Crippen molar-refractivity contribution < 1.29 is 4.74 Å². The van der Waals surface area contributed by atoms with Gasteiger partial charge in [-0.25, -0.2) is 15.0 Å². The number of fused-ring (bicyclic) bond motifs is 1. The quantitative estimate of drug-likeness (QED) is 0.548. The van der Waals surface area contributed by atoms with Crippen LogP contribution in [-0.2, 0) is 0 Å². The number of ether oxygens (including phenoxy) is 1. The summed E-state index contributed by atoms with van der Waals surface area (Å²) in [5.74, 6) is 1.06. The van der Waals surface area contributed by atoms with Gasteiger partial charge >= 0.3 is 6.01 Å². The number of nitrogens with zero attached hydrogens (tertiary/aromatic N) is 6. The molecule has 0 amide bonds. The van der Waals surface area contributed by atoms with Gasteiger partial charge in [0.25, 0.3) is 0 Å². The van der Waals surface area contributed by atoms with Gasteiger partial charge in [-0.1, -0.05) is 30.3 Å². The van der Waals surface area contributed by atoms with E-state index >= 15 is 0 Å². The van der Waals surface area contributed by atoms with E-state index in [1.54, 1.807) is 24.7 Å². The minimum atomic E-state index is 0.127. The van der Waals surface area contributed by atoms with Crippen LogP contribution in [-0.4, -0.2) is 43.8 Å². The standard InChI is InChI=1S/C21H20N6O/c1-2-5-16(6-3-1)18-15-20(27-19(25-18)7-12-24-27)26-13-8-17(9-14-26)28-21-22-10-4-11-23-21/h1-7,10-12,15,17H,8-9,13-14H2. The zero-order chi connectivity index (χ0) is 18.8. The molecule has 28 heavy (non-hydrogen) atoms. The molecule has 0 saturated carbocycles. The van der Waals surface area contributed by atoms with Crippen molar-refractivity contribution in [3.63, 3.8) is 0 Å². The molecule has 4 aromatic rings. The average Bonchev–Trinajstić information content (AvgIpc) is 3.24. The molecular formula is C21H20N6O. The molecule has 1 saturated heterocycles. The molecule has 5 rings (SSSR count). The maximum Gasteiger partial charge on any atom is 0.316 e. The van der Waals surface area contributed by atoms with Crippen LogP contribution in [0.4, 0.5) is 5.82 Å². The molecule has 4 heterocycles. The second-order valence-electron chi connectivity index (χ2n) is 6.80. The van der Waals surface area contributed by atoms with Crippen molar-refractivity contribution in [2.45, 2.75) is 18.9 Å². The van der Waals surface area contributed by atoms with Gasteiger partial charge in [0.15, 0.2) is 5.65 Å². The first kappa shape index (κ1) is 16.7. The van der Waals surface area contributed by atoms with Crippen LogP contribution in [0, 0.1) is 0 Å². The molecule has 1 aliphatic rings. The number of piperidine rings is 1. The van der Waals surface area contributed by atoms with Crippen LogP contribution in [0.5, 0.6) is 6.01 Å². The number of aromatic nitrogens is 5. The molecule has 0 N–H and O–H groups in total. The van der Waals surface area contributed by atoms with E-state index in [-0.39, 0.29) is 6.10 Å². The first-order valence-electron chi connectivity index (χ1n) is 9.46. The third kappa shape index (κ3) is 3.26. The second kappa shape index (κ2) is 7.26. The Balaban J connectivity index is 1.38. The summed E-state index contributed by atoms with van der Waals surface area (Å²) in [7, 11) is 0. The van der Waals surface area contributed by atoms with E-state index in [1.807, 2.05) is 28.8 Å². The van der Waals surface area contributed by atoms with Crippen molar-refractivity contribution in [2.24, 2.45) is 0 Å². The van der Waals surface area contributed by atoms with Crippen molar-refractivity contribution in [3.8, 4) is 17.3 Å². The molecule has 7 heteroatoms. The summed E-state index contributed by atoms with van der Waals surface area (Å²) in [6.07, 6.45) is 7.14. The van der Waals surface area contributed by atoms with Crippen molar-refractivity contribution >= 4 is 11.5 Å². The van der Waals surface area contributed by atoms with Gasteiger partial charge in [-0.3, -0.25) is 0 Å². The van der Waals surface area contributed by atoms with Gasteiger partial charge in [0.1, 0.15) is 11.9 Å². The van der Waals surface area contributed by atoms with Crippen LogP contribution >= 0.6 is 0 Å². The van der Waals surface area contributed by atoms with Gasteiger partial charge in [0.2, 0.25) is 0 Å². The van der Waals surface area contributed by atoms with Crippen molar-refractivity contribution in [1.29, 1.82) is 0 Å². The van der Waals surface area contributed by atoms with E-state index in [1.165, 1.54) is 0 Å². The molecule has 7 nitrogen and oxygen atoms in total. The molecule has 1 aromatic carbocycles. The largest absolute Gasteiger partial charge is 0.460 e. The lowest BCUT2D eigenvalue weighted by atomic mass is 10.1. The van der Waals surface area contributed by atoms with Crippen LogP contribution < -0.4 is 9.64 Å². The number of hydrogen-bond acceptors (Lipinski definition) is 6. The minimum Gasteiger partial charge on any atom is -0.460 e. The maximum atomic E-state index is 5.92. The summed E-state index contributed by atoms with van der Waals surface area (Å²) in [5, 5.41) is 4.48. The van der Waals surface area contributed by atoms with E-state index in [4.69, 9.17) is 9.72 Å². The monoisotopic (exact) mass is 372 g/mol. The molecule has 0 bridgehead atoms. The Morgan fingerprint density at radius 1 is 0.893 bits per heavy atom. The molecule has 0 spiro atoms. The van der Waals surface area contributed by atoms with Crippen LogP contribution in [0.1, 0.15) is 12.8 Å². The fourth-order valence-corrected chi connectivity index (χ4v) is 3.58. The molecule has 0 atom stereocenters. The predicted molar refractivity (Wildman–Crippen MR) is 106 cm³/mol. The number of rotatable bonds is 4. The summed E-state index contributed by atoms with van der Waals surface area (Å²) in [4.78, 5) is 15.4. The van der Waals surface area contributed by atoms with Crippen LogP contribution in [0.25, 0.3) is 16.9 Å². The zero-order valence-corrected chi connectivity index (χ0v) is 15.3. The normalized spacial score (nSPS) is 15.1. The van der Waals surface area contributed by atoms with E-state index in [0.717, 1.165) is 48.7 Å². The summed E-state index contributed by atoms with van der Waals surface area (Å²) in [6.45, 7) is 1.76. The maximum absolute atomic E-state index is 5.92. The number of benzene rings is 1. The highest BCUT2D eigenvalue weighted by atomic mass is 16.5. The lowest BCUT2D eigenvalue weighted by molar-refractivity contribution is 0.156. The van der Waals surface area contributed by atoms with Crippen LogP contribution in [0.3, 0.4) is 0 Å². The van der Waals surface area contributed by atoms with Gasteiger partial charge in [0.05, 0.1) is 11.9 Å². The summed E-state index contributed by atoms with van der Waals surface area (Å²) in [6, 6.07) is 16.6. The third-order valence-electron chi connectivity index (χ3n) is 4.99. The Morgan fingerprint density at radius 2 is 1.68 bits per heavy atom. The molecule has 0 radical (unpaired) electrons. The molecule has 3 aromatic heterocycles. The van der Waals surface area contributed by atoms with Gasteiger partial charge in [-0.05, 0) is 6.07 Å². The van der Waals surface area contributed by atoms with E-state index in [2.05, 4.69) is 38.2 Å². The molecule has 0 aliphatic carbocycles. The van der Waals surface area contributed by atoms with Gasteiger partial charge < -0.3 is 9.64 Å². The van der Waals surface area contributed by atoms with Crippen molar-refractivity contribution in [3.05, 3.63) is 67.1 Å². The van der Waals surface area contributed by atoms with Gasteiger partial charge in [0, 0.05) is 56.0 Å². The minimum absolute atomic E-state index is 0.127. The predicted octanol–water partition coefficient (Wildman–Crippen LogP) is 3.23. The van der Waals surface area contributed by atoms with Crippen molar-refractivity contribution in [2.75, 3.05) is 18.0 Å². The molecule has 1 fully saturated rings. The number of anilines is 1. The Labute approximate surface area is 162 Å². The Morgan fingerprint density at radius 3 is 2.46 bits per heavy atom. The van der Waals surface area contributed by atoms with E-state index < -0.39 is 0 Å². The fourth-order valence-electron chi connectivity index (χ4n) is 3.58. The third-order valence-corrected chi connectivity index (χ3v) is 4.99. The second-order valence-corrected chi connectivity index (χ2v) is 6.80. The van der Waals surface area contributed by atoms with E-state index in [0.29, 0.717) is 6.01 Å². The average molecular weight is 372 g/mol. The van der Waals surface area contributed by atoms with Crippen molar-refractivity contribution in [1.82, 2.24) is 24.6 Å². The highest BCUT2D eigenvalue weighted by Crippen LogP contribution is 2.27. The van der Waals surface area contributed by atoms with Crippen LogP contribution in [0.15, 0.2) is 67.1 Å². The van der Waals surface area contributed by atoms with Gasteiger partial charge in [-0.15, -0.1) is 0 Å². The molecule has 1 aliphatic heterocycles. The smallest absolute Gasteiger partial charge is 0.316 e. The highest BCUT2D eigenvalue weighted by Gasteiger charge is 2.24. The summed E-state index contributed by atoms with van der Waals surface area (Å²) < 4.78 is 7.83. The lowest BCUT2D eigenvalue weighted by Crippen LogP contribution is -2.39. The number of hydrogen-bond donors (Lipinski definition) is 0. The summed E-state index contributed by atoms with van der Waals surface area (Å²) >= 11 is 0. The lowest BCUT2D eigenvalue weighted by Gasteiger charge is -2.33. The first-order valence-corrected chi connectivity index (χ1v) is 9.46. The topological polar surface area (TPSA) is 68.4 Å².